The van der Waals surface area contributed by atoms with Crippen molar-refractivity contribution < 1.29 is 9.18 Å². The molecule has 1 fully saturated rings. The highest BCUT2D eigenvalue weighted by Gasteiger charge is 2.27. The van der Waals surface area contributed by atoms with Gasteiger partial charge in [-0.05, 0) is 51.9 Å². The molecule has 1 aliphatic rings. The Morgan fingerprint density at radius 3 is 2.70 bits per heavy atom. The number of carbonyl (C=O) groups excluding carboxylic acids is 1. The number of pyridine rings is 2. The van der Waals surface area contributed by atoms with Crippen LogP contribution in [-0.4, -0.2) is 49.3 Å². The number of rotatable bonds is 5. The van der Waals surface area contributed by atoms with Crippen LogP contribution in [0.1, 0.15) is 38.8 Å². The number of amides is 1. The molecule has 30 heavy (non-hydrogen) atoms. The Labute approximate surface area is 175 Å². The molecule has 0 spiro atoms. The molecule has 0 aromatic carbocycles. The maximum atomic E-state index is 13.8. The fourth-order valence-electron chi connectivity index (χ4n) is 3.69. The Bertz CT molecular complexity index is 1070. The molecule has 0 bridgehead atoms. The third-order valence-electron chi connectivity index (χ3n) is 5.51. The predicted octanol–water partition coefficient (Wildman–Crippen LogP) is 3.70. The summed E-state index contributed by atoms with van der Waals surface area (Å²) in [6, 6.07) is 5.58. The smallest absolute Gasteiger partial charge is 0.262 e. The van der Waals surface area contributed by atoms with E-state index in [1.54, 1.807) is 12.3 Å². The van der Waals surface area contributed by atoms with Crippen molar-refractivity contribution in [2.75, 3.05) is 18.4 Å². The zero-order valence-electron chi connectivity index (χ0n) is 17.7. The van der Waals surface area contributed by atoms with Crippen molar-refractivity contribution in [2.45, 2.75) is 45.3 Å². The molecule has 0 aliphatic carbocycles. The molecule has 1 N–H and O–H groups in total. The Morgan fingerprint density at radius 2 is 1.97 bits per heavy atom. The van der Waals surface area contributed by atoms with E-state index in [4.69, 9.17) is 4.98 Å². The van der Waals surface area contributed by atoms with Crippen molar-refractivity contribution in [1.29, 1.82) is 0 Å². The van der Waals surface area contributed by atoms with Gasteiger partial charge < -0.3 is 5.32 Å². The van der Waals surface area contributed by atoms with Gasteiger partial charge in [0.2, 0.25) is 0 Å². The highest BCUT2D eigenvalue weighted by atomic mass is 19.1. The Morgan fingerprint density at radius 1 is 1.20 bits per heavy atom. The van der Waals surface area contributed by atoms with Crippen LogP contribution in [0.2, 0.25) is 0 Å². The standard InChI is InChI=1S/C22H27FN6O/c1-22(2,23)21(30)27-20-11-18-15(12-24-20)7-8-17(26-18)16-13-25-28(3)19(16)14-29-9-5-4-6-10-29/h7-8,11-13H,4-6,9-10,14H2,1-3H3,(H,24,27,30). The van der Waals surface area contributed by atoms with Crippen LogP contribution in [0, 0.1) is 0 Å². The molecule has 3 aromatic rings. The van der Waals surface area contributed by atoms with Crippen molar-refractivity contribution in [3.63, 3.8) is 0 Å². The van der Waals surface area contributed by atoms with Gasteiger partial charge in [0.1, 0.15) is 5.82 Å². The Hall–Kier alpha value is -2.87. The van der Waals surface area contributed by atoms with E-state index in [0.717, 1.165) is 42.0 Å². The third kappa shape index (κ3) is 4.33. The molecule has 0 atom stereocenters. The average molecular weight is 410 g/mol. The summed E-state index contributed by atoms with van der Waals surface area (Å²) in [5.74, 6) is -0.454. The molecular formula is C22H27FN6O. The van der Waals surface area contributed by atoms with Crippen molar-refractivity contribution in [2.24, 2.45) is 7.05 Å². The fraction of sp³-hybridized carbons (Fsp3) is 0.455. The number of nitrogens with zero attached hydrogens (tertiary/aromatic N) is 5. The van der Waals surface area contributed by atoms with Gasteiger partial charge in [-0.1, -0.05) is 6.42 Å². The summed E-state index contributed by atoms with van der Waals surface area (Å²) < 4.78 is 15.8. The number of aromatic nitrogens is 4. The lowest BCUT2D eigenvalue weighted by Gasteiger charge is -2.26. The summed E-state index contributed by atoms with van der Waals surface area (Å²) in [7, 11) is 1.96. The summed E-state index contributed by atoms with van der Waals surface area (Å²) in [4.78, 5) is 23.4. The summed E-state index contributed by atoms with van der Waals surface area (Å²) in [6.45, 7) is 5.48. The van der Waals surface area contributed by atoms with Gasteiger partial charge in [0.15, 0.2) is 5.67 Å². The Balaban J connectivity index is 1.64. The number of carbonyl (C=O) groups is 1. The van der Waals surface area contributed by atoms with Crippen LogP contribution in [0.25, 0.3) is 22.2 Å². The zero-order chi connectivity index (χ0) is 21.3. The summed E-state index contributed by atoms with van der Waals surface area (Å²) in [5, 5.41) is 7.82. The third-order valence-corrected chi connectivity index (χ3v) is 5.51. The van der Waals surface area contributed by atoms with E-state index >= 15 is 0 Å². The lowest BCUT2D eigenvalue weighted by molar-refractivity contribution is -0.125. The molecule has 158 valence electrons. The second-order valence-electron chi connectivity index (χ2n) is 8.35. The maximum Gasteiger partial charge on any atom is 0.262 e. The minimum absolute atomic E-state index is 0.280. The molecule has 0 saturated carbocycles. The number of aryl methyl sites for hydroxylation is 1. The molecule has 0 radical (unpaired) electrons. The van der Waals surface area contributed by atoms with Crippen LogP contribution < -0.4 is 5.32 Å². The van der Waals surface area contributed by atoms with Crippen LogP contribution in [0.3, 0.4) is 0 Å². The largest absolute Gasteiger partial charge is 0.308 e. The second kappa shape index (κ2) is 8.10. The van der Waals surface area contributed by atoms with Crippen molar-refractivity contribution in [1.82, 2.24) is 24.6 Å². The highest BCUT2D eigenvalue weighted by Crippen LogP contribution is 2.26. The first-order valence-corrected chi connectivity index (χ1v) is 10.3. The summed E-state index contributed by atoms with van der Waals surface area (Å²) in [5.41, 5.74) is 1.65. The minimum Gasteiger partial charge on any atom is -0.308 e. The molecule has 7 nitrogen and oxygen atoms in total. The minimum atomic E-state index is -1.98. The number of fused-ring (bicyclic) bond motifs is 1. The van der Waals surface area contributed by atoms with Gasteiger partial charge >= 0.3 is 0 Å². The van der Waals surface area contributed by atoms with E-state index in [9.17, 15) is 9.18 Å². The first kappa shape index (κ1) is 20.4. The number of hydrogen-bond acceptors (Lipinski definition) is 5. The molecule has 3 aromatic heterocycles. The number of piperidine rings is 1. The predicted molar refractivity (Wildman–Crippen MR) is 115 cm³/mol. The van der Waals surface area contributed by atoms with Crippen LogP contribution in [0.4, 0.5) is 10.2 Å². The van der Waals surface area contributed by atoms with Crippen LogP contribution >= 0.6 is 0 Å². The van der Waals surface area contributed by atoms with E-state index in [2.05, 4.69) is 20.3 Å². The van der Waals surface area contributed by atoms with Crippen molar-refractivity contribution >= 4 is 22.6 Å². The van der Waals surface area contributed by atoms with E-state index in [1.807, 2.05) is 30.1 Å². The SMILES string of the molecule is Cn1ncc(-c2ccc3cnc(NC(=O)C(C)(C)F)cc3n2)c1CN1CCCCC1. The van der Waals surface area contributed by atoms with E-state index < -0.39 is 11.6 Å². The molecule has 1 saturated heterocycles. The van der Waals surface area contributed by atoms with Gasteiger partial charge in [-0.25, -0.2) is 14.4 Å². The van der Waals surface area contributed by atoms with Gasteiger partial charge in [0.25, 0.3) is 5.91 Å². The molecule has 4 rings (SSSR count). The monoisotopic (exact) mass is 410 g/mol. The molecule has 1 aliphatic heterocycles. The van der Waals surface area contributed by atoms with Crippen LogP contribution in [0.15, 0.2) is 30.6 Å². The Kier molecular flexibility index (Phi) is 5.51. The van der Waals surface area contributed by atoms with Crippen LogP contribution in [0.5, 0.6) is 0 Å². The molecule has 0 unspecified atom stereocenters. The fourth-order valence-corrected chi connectivity index (χ4v) is 3.69. The quantitative estimate of drug-likeness (QED) is 0.694. The summed E-state index contributed by atoms with van der Waals surface area (Å²) in [6.07, 6.45) is 7.25. The molecular weight excluding hydrogens is 383 g/mol. The maximum absolute atomic E-state index is 13.8. The first-order valence-electron chi connectivity index (χ1n) is 10.3. The van der Waals surface area contributed by atoms with E-state index in [0.29, 0.717) is 5.52 Å². The topological polar surface area (TPSA) is 75.9 Å². The molecule has 4 heterocycles. The number of nitrogens with one attached hydrogen (secondary N) is 1. The highest BCUT2D eigenvalue weighted by molar-refractivity contribution is 5.97. The lowest BCUT2D eigenvalue weighted by Crippen LogP contribution is -2.32. The van der Waals surface area contributed by atoms with E-state index in [1.165, 1.54) is 33.1 Å². The van der Waals surface area contributed by atoms with Gasteiger partial charge in [0, 0.05) is 36.8 Å². The van der Waals surface area contributed by atoms with Gasteiger partial charge in [-0.3, -0.25) is 14.4 Å². The number of likely N-dealkylation sites (tertiary alicyclic amines) is 1. The number of anilines is 1. The van der Waals surface area contributed by atoms with Crippen LogP contribution in [-0.2, 0) is 18.4 Å². The average Bonchev–Trinajstić information content (AvgIpc) is 3.08. The zero-order valence-corrected chi connectivity index (χ0v) is 17.7. The van der Waals surface area contributed by atoms with E-state index in [-0.39, 0.29) is 5.82 Å². The molecule has 8 heteroatoms. The molecule has 1 amide bonds. The first-order chi connectivity index (χ1) is 14.3. The van der Waals surface area contributed by atoms with Crippen molar-refractivity contribution in [3.05, 3.63) is 36.3 Å². The second-order valence-corrected chi connectivity index (χ2v) is 8.35. The lowest BCUT2D eigenvalue weighted by atomic mass is 10.1. The normalized spacial score (nSPS) is 15.5. The van der Waals surface area contributed by atoms with Crippen molar-refractivity contribution in [3.8, 4) is 11.3 Å². The summed E-state index contributed by atoms with van der Waals surface area (Å²) >= 11 is 0. The van der Waals surface area contributed by atoms with Gasteiger partial charge in [-0.2, -0.15) is 5.10 Å². The van der Waals surface area contributed by atoms with Gasteiger partial charge in [0.05, 0.1) is 23.1 Å². The van der Waals surface area contributed by atoms with Gasteiger partial charge in [-0.15, -0.1) is 0 Å². The number of alkyl halides is 1. The number of halogens is 1. The number of hydrogen-bond donors (Lipinski definition) is 1.